The number of alkyl carbamates (subject to hydrolysis) is 1. The Morgan fingerprint density at radius 2 is 1.89 bits per heavy atom. The quantitative estimate of drug-likeness (QED) is 0.189. The summed E-state index contributed by atoms with van der Waals surface area (Å²) in [6.07, 6.45) is 0.139. The number of fused-ring (bicyclic) bond motifs is 1. The number of aromatic amines is 1. The van der Waals surface area contributed by atoms with E-state index >= 15 is 0 Å². The first-order valence-electron chi connectivity index (χ1n) is 12.1. The zero-order valence-corrected chi connectivity index (χ0v) is 21.9. The van der Waals surface area contributed by atoms with Crippen LogP contribution in [0.15, 0.2) is 18.2 Å². The van der Waals surface area contributed by atoms with Crippen LogP contribution >= 0.6 is 0 Å². The highest BCUT2D eigenvalue weighted by Gasteiger charge is 2.26. The highest BCUT2D eigenvalue weighted by atomic mass is 19.1. The van der Waals surface area contributed by atoms with Gasteiger partial charge in [0.2, 0.25) is 6.29 Å². The van der Waals surface area contributed by atoms with Gasteiger partial charge in [0.25, 0.3) is 11.8 Å². The maximum absolute atomic E-state index is 13.8. The number of aromatic nitrogens is 1. The number of hydrogen-bond acceptors (Lipinski definition) is 7. The Balaban J connectivity index is 1.66. The number of aryl methyl sites for hydroxylation is 1. The molecule has 3 rings (SSSR count). The van der Waals surface area contributed by atoms with E-state index in [9.17, 15) is 23.6 Å². The summed E-state index contributed by atoms with van der Waals surface area (Å²) in [4.78, 5) is 52.3. The molecule has 3 unspecified atom stereocenters. The van der Waals surface area contributed by atoms with E-state index in [0.717, 1.165) is 0 Å². The van der Waals surface area contributed by atoms with E-state index in [0.29, 0.717) is 40.2 Å². The molecule has 2 aromatic rings. The van der Waals surface area contributed by atoms with Gasteiger partial charge in [0.05, 0.1) is 11.1 Å². The van der Waals surface area contributed by atoms with Gasteiger partial charge in [-0.15, -0.1) is 0 Å². The summed E-state index contributed by atoms with van der Waals surface area (Å²) < 4.78 is 23.6. The number of esters is 1. The molecule has 11 nitrogen and oxygen atoms in total. The predicted molar refractivity (Wildman–Crippen MR) is 138 cm³/mol. The molecule has 6 N–H and O–H groups in total. The van der Waals surface area contributed by atoms with Crippen molar-refractivity contribution < 1.29 is 33.0 Å². The smallest absolute Gasteiger partial charge is 0.410 e. The molecular formula is C26H32FN5O6. The number of H-pyrrole nitrogens is 1. The number of nitrogens with two attached hydrogens (primary N) is 1. The van der Waals surface area contributed by atoms with Gasteiger partial charge in [-0.1, -0.05) is 6.92 Å². The van der Waals surface area contributed by atoms with Gasteiger partial charge in [0.1, 0.15) is 11.9 Å². The molecule has 2 heterocycles. The zero-order valence-electron chi connectivity index (χ0n) is 21.9. The van der Waals surface area contributed by atoms with Crippen molar-refractivity contribution in [3.8, 4) is 0 Å². The van der Waals surface area contributed by atoms with Crippen LogP contribution < -0.4 is 21.7 Å². The fourth-order valence-electron chi connectivity index (χ4n) is 3.96. The average Bonchev–Trinajstić information content (AvgIpc) is 3.30. The normalized spacial score (nSPS) is 15.8. The Morgan fingerprint density at radius 3 is 2.55 bits per heavy atom. The second kappa shape index (κ2) is 11.9. The lowest BCUT2D eigenvalue weighted by Crippen LogP contribution is -2.44. The molecule has 1 aromatic carbocycles. The molecule has 0 aliphatic carbocycles. The lowest BCUT2D eigenvalue weighted by atomic mass is 10.0. The van der Waals surface area contributed by atoms with Gasteiger partial charge in [0, 0.05) is 42.1 Å². The number of benzene rings is 1. The van der Waals surface area contributed by atoms with Crippen LogP contribution in [0.4, 0.5) is 14.9 Å². The van der Waals surface area contributed by atoms with Gasteiger partial charge < -0.3 is 36.1 Å². The van der Waals surface area contributed by atoms with Crippen LogP contribution in [0.3, 0.4) is 0 Å². The van der Waals surface area contributed by atoms with Crippen LogP contribution in [-0.4, -0.2) is 53.8 Å². The van der Waals surface area contributed by atoms with Crippen molar-refractivity contribution in [1.29, 1.82) is 0 Å². The number of carbonyl (C=O) groups is 4. The summed E-state index contributed by atoms with van der Waals surface area (Å²) in [6, 6.07) is 2.77. The Kier molecular flexibility index (Phi) is 8.89. The number of hydrogen-bond donors (Lipinski definition) is 5. The highest BCUT2D eigenvalue weighted by molar-refractivity contribution is 6.34. The van der Waals surface area contributed by atoms with Gasteiger partial charge in [0.15, 0.2) is 0 Å². The lowest BCUT2D eigenvalue weighted by molar-refractivity contribution is -0.166. The largest absolute Gasteiger partial charge is 0.424 e. The molecule has 0 spiro atoms. The zero-order chi connectivity index (χ0) is 28.1. The summed E-state index contributed by atoms with van der Waals surface area (Å²) in [5.41, 5.74) is 8.78. The SMILES string of the molecule is CCC(CNC(=O)OC(C)OC(=O)C(C)N)NC(=O)c1c(C)[nH]c(/C=C2\C(=O)Nc3ccc(F)cc32)c1C. The van der Waals surface area contributed by atoms with Crippen molar-refractivity contribution >= 4 is 41.2 Å². The molecule has 1 aromatic heterocycles. The third-order valence-electron chi connectivity index (χ3n) is 6.00. The molecule has 0 radical (unpaired) electrons. The number of nitrogens with one attached hydrogen (secondary N) is 4. The molecule has 0 fully saturated rings. The van der Waals surface area contributed by atoms with E-state index in [1.165, 1.54) is 32.0 Å². The van der Waals surface area contributed by atoms with Crippen molar-refractivity contribution in [3.05, 3.63) is 52.1 Å². The molecule has 1 aliphatic heterocycles. The van der Waals surface area contributed by atoms with Gasteiger partial charge >= 0.3 is 12.1 Å². The Labute approximate surface area is 219 Å². The Morgan fingerprint density at radius 1 is 1.18 bits per heavy atom. The average molecular weight is 530 g/mol. The first kappa shape index (κ1) is 28.4. The monoisotopic (exact) mass is 529 g/mol. The van der Waals surface area contributed by atoms with Gasteiger partial charge in [-0.2, -0.15) is 0 Å². The third kappa shape index (κ3) is 6.57. The minimum Gasteiger partial charge on any atom is -0.424 e. The van der Waals surface area contributed by atoms with Crippen LogP contribution in [0.5, 0.6) is 0 Å². The van der Waals surface area contributed by atoms with E-state index in [4.69, 9.17) is 15.2 Å². The summed E-state index contributed by atoms with van der Waals surface area (Å²) in [7, 11) is 0. The van der Waals surface area contributed by atoms with E-state index in [-0.39, 0.29) is 23.9 Å². The van der Waals surface area contributed by atoms with E-state index in [1.807, 2.05) is 6.92 Å². The van der Waals surface area contributed by atoms with E-state index < -0.39 is 36.3 Å². The second-order valence-electron chi connectivity index (χ2n) is 9.02. The molecule has 38 heavy (non-hydrogen) atoms. The van der Waals surface area contributed by atoms with Crippen LogP contribution in [0.1, 0.15) is 60.1 Å². The number of halogens is 1. The number of amides is 3. The number of anilines is 1. The Bertz CT molecular complexity index is 1290. The molecule has 3 atom stereocenters. The molecule has 12 heteroatoms. The molecule has 1 aliphatic rings. The van der Waals surface area contributed by atoms with Crippen molar-refractivity contribution in [2.24, 2.45) is 5.73 Å². The first-order chi connectivity index (χ1) is 17.9. The van der Waals surface area contributed by atoms with Crippen LogP contribution in [-0.2, 0) is 19.1 Å². The number of ether oxygens (including phenoxy) is 2. The number of rotatable bonds is 9. The summed E-state index contributed by atoms with van der Waals surface area (Å²) >= 11 is 0. The maximum Gasteiger partial charge on any atom is 0.410 e. The molecular weight excluding hydrogens is 497 g/mol. The molecule has 0 saturated carbocycles. The fraction of sp³-hybridized carbons (Fsp3) is 0.385. The van der Waals surface area contributed by atoms with Crippen molar-refractivity contribution in [2.75, 3.05) is 11.9 Å². The summed E-state index contributed by atoms with van der Waals surface area (Å²) in [5.74, 6) is -1.91. The fourth-order valence-corrected chi connectivity index (χ4v) is 3.96. The highest BCUT2D eigenvalue weighted by Crippen LogP contribution is 2.34. The van der Waals surface area contributed by atoms with Gasteiger partial charge in [-0.25, -0.2) is 9.18 Å². The van der Waals surface area contributed by atoms with Gasteiger partial charge in [-0.3, -0.25) is 14.4 Å². The molecule has 0 bridgehead atoms. The van der Waals surface area contributed by atoms with Gasteiger partial charge in [-0.05, 0) is 57.0 Å². The van der Waals surface area contributed by atoms with Crippen molar-refractivity contribution in [1.82, 2.24) is 15.6 Å². The van der Waals surface area contributed by atoms with E-state index in [2.05, 4.69) is 20.9 Å². The lowest BCUT2D eigenvalue weighted by Gasteiger charge is -2.19. The Hall–Kier alpha value is -4.19. The standard InChI is InChI=1S/C26H32FN5O6/c1-6-17(11-29-26(36)38-15(5)37-25(35)13(3)28)31-24(34)22-12(2)21(30-14(22)4)10-19-18-9-16(27)7-8-20(18)32-23(19)33/h7-10,13,15,17,30H,6,11,28H2,1-5H3,(H,29,36)(H,31,34)(H,32,33)/b19-10-. The van der Waals surface area contributed by atoms with Crippen molar-refractivity contribution in [3.63, 3.8) is 0 Å². The third-order valence-corrected chi connectivity index (χ3v) is 6.00. The van der Waals surface area contributed by atoms with Crippen molar-refractivity contribution in [2.45, 2.75) is 59.4 Å². The minimum atomic E-state index is -1.13. The molecule has 0 saturated heterocycles. The van der Waals surface area contributed by atoms with Crippen LogP contribution in [0.25, 0.3) is 11.6 Å². The van der Waals surface area contributed by atoms with E-state index in [1.54, 1.807) is 19.9 Å². The first-order valence-corrected chi connectivity index (χ1v) is 12.1. The summed E-state index contributed by atoms with van der Waals surface area (Å²) in [5, 5.41) is 8.11. The minimum absolute atomic E-state index is 0.0664. The number of carbonyl (C=O) groups excluding carboxylic acids is 4. The van der Waals surface area contributed by atoms with Crippen LogP contribution in [0, 0.1) is 19.7 Å². The summed E-state index contributed by atoms with van der Waals surface area (Å²) in [6.45, 7) is 8.21. The molecule has 204 valence electrons. The molecule has 3 amide bonds. The van der Waals surface area contributed by atoms with Crippen LogP contribution in [0.2, 0.25) is 0 Å². The predicted octanol–water partition coefficient (Wildman–Crippen LogP) is 2.73. The maximum atomic E-state index is 13.8. The topological polar surface area (TPSA) is 165 Å². The second-order valence-corrected chi connectivity index (χ2v) is 9.02.